The van der Waals surface area contributed by atoms with E-state index >= 15 is 0 Å². The highest BCUT2D eigenvalue weighted by Gasteiger charge is 2.21. The van der Waals surface area contributed by atoms with Crippen molar-refractivity contribution in [1.29, 1.82) is 0 Å². The normalized spacial score (nSPS) is 13.3. The van der Waals surface area contributed by atoms with Gasteiger partial charge in [-0.1, -0.05) is 11.6 Å². The molecule has 0 fully saturated rings. The highest BCUT2D eigenvalue weighted by Crippen LogP contribution is 2.19. The van der Waals surface area contributed by atoms with E-state index in [0.29, 0.717) is 0 Å². The molecule has 0 aliphatic heterocycles. The number of hydrogen-bond acceptors (Lipinski definition) is 4. The highest BCUT2D eigenvalue weighted by atomic mass is 35.5. The minimum atomic E-state index is -4.08. The minimum absolute atomic E-state index is 0.0945. The molecule has 1 aromatic carbocycles. The fraction of sp³-hybridized carbons (Fsp3) is 0.167. The van der Waals surface area contributed by atoms with Gasteiger partial charge in [0.05, 0.1) is 6.26 Å². The third-order valence-corrected chi connectivity index (χ3v) is 4.21. The molecule has 0 aliphatic rings. The average molecular weight is 320 g/mol. The number of rotatable bonds is 5. The first-order valence-corrected chi connectivity index (χ1v) is 7.42. The zero-order valence-corrected chi connectivity index (χ0v) is 11.7. The number of furan rings is 1. The maximum atomic E-state index is 13.6. The van der Waals surface area contributed by atoms with E-state index in [2.05, 4.69) is 4.72 Å². The predicted octanol–water partition coefficient (Wildman–Crippen LogP) is 2.08. The van der Waals surface area contributed by atoms with Crippen molar-refractivity contribution in [2.45, 2.75) is 11.0 Å². The largest absolute Gasteiger partial charge is 0.467 e. The summed E-state index contributed by atoms with van der Waals surface area (Å²) in [6.45, 7) is -0.335. The van der Waals surface area contributed by atoms with Crippen LogP contribution in [0, 0.1) is 5.82 Å². The predicted molar refractivity (Wildman–Crippen MR) is 70.3 cm³/mol. The maximum Gasteiger partial charge on any atom is 0.243 e. The first-order valence-electron chi connectivity index (χ1n) is 5.56. The maximum absolute atomic E-state index is 13.6. The molecule has 2 aromatic rings. The summed E-state index contributed by atoms with van der Waals surface area (Å²) in [4.78, 5) is -0.534. The van der Waals surface area contributed by atoms with E-state index in [0.717, 1.165) is 12.1 Å². The second-order valence-electron chi connectivity index (χ2n) is 3.96. The Labute approximate surface area is 120 Å². The van der Waals surface area contributed by atoms with Crippen LogP contribution in [0.4, 0.5) is 4.39 Å². The van der Waals surface area contributed by atoms with E-state index in [1.807, 2.05) is 0 Å². The molecule has 1 unspecified atom stereocenters. The van der Waals surface area contributed by atoms with Crippen LogP contribution in [0.3, 0.4) is 0 Å². The van der Waals surface area contributed by atoms with Crippen LogP contribution in [-0.2, 0) is 10.0 Å². The third kappa shape index (κ3) is 3.37. The van der Waals surface area contributed by atoms with Gasteiger partial charge >= 0.3 is 0 Å². The van der Waals surface area contributed by atoms with Crippen LogP contribution in [0.1, 0.15) is 11.9 Å². The molecule has 0 saturated heterocycles. The molecule has 1 atom stereocenters. The average Bonchev–Trinajstić information content (AvgIpc) is 2.89. The molecular formula is C12H11ClFNO4S. The monoisotopic (exact) mass is 319 g/mol. The summed E-state index contributed by atoms with van der Waals surface area (Å²) in [5, 5.41) is 9.79. The molecule has 2 N–H and O–H groups in total. The molecule has 0 radical (unpaired) electrons. The van der Waals surface area contributed by atoms with Crippen LogP contribution in [0.25, 0.3) is 0 Å². The van der Waals surface area contributed by atoms with Gasteiger partial charge in [0.2, 0.25) is 10.0 Å². The molecule has 0 spiro atoms. The lowest BCUT2D eigenvalue weighted by Gasteiger charge is -2.11. The molecule has 108 valence electrons. The van der Waals surface area contributed by atoms with E-state index in [-0.39, 0.29) is 17.3 Å². The van der Waals surface area contributed by atoms with Crippen molar-refractivity contribution in [2.75, 3.05) is 6.54 Å². The van der Waals surface area contributed by atoms with Crippen LogP contribution in [0.15, 0.2) is 45.9 Å². The van der Waals surface area contributed by atoms with Gasteiger partial charge in [-0.15, -0.1) is 0 Å². The second-order valence-corrected chi connectivity index (χ2v) is 6.13. The summed E-state index contributed by atoms with van der Waals surface area (Å²) in [6.07, 6.45) is 0.196. The standard InChI is InChI=1S/C12H11ClFNO4S/c13-8-3-4-12(9(14)6-8)20(17,18)15-7-10(16)11-2-1-5-19-11/h1-6,10,15-16H,7H2. The van der Waals surface area contributed by atoms with Crippen LogP contribution in [-0.4, -0.2) is 20.1 Å². The summed E-state index contributed by atoms with van der Waals surface area (Å²) < 4.78 is 44.4. The lowest BCUT2D eigenvalue weighted by molar-refractivity contribution is 0.154. The lowest BCUT2D eigenvalue weighted by Crippen LogP contribution is -2.29. The van der Waals surface area contributed by atoms with Crippen LogP contribution >= 0.6 is 11.6 Å². The van der Waals surface area contributed by atoms with E-state index in [1.165, 1.54) is 18.4 Å². The van der Waals surface area contributed by atoms with E-state index in [1.54, 1.807) is 6.07 Å². The minimum Gasteiger partial charge on any atom is -0.467 e. The summed E-state index contributed by atoms with van der Waals surface area (Å²) in [5.74, 6) is -0.748. The van der Waals surface area contributed by atoms with Crippen molar-refractivity contribution in [3.05, 3.63) is 53.2 Å². The SMILES string of the molecule is O=S(=O)(NCC(O)c1ccco1)c1ccc(Cl)cc1F. The zero-order chi connectivity index (χ0) is 14.8. The Morgan fingerprint density at radius 1 is 1.40 bits per heavy atom. The molecule has 20 heavy (non-hydrogen) atoms. The molecule has 8 heteroatoms. The first-order chi connectivity index (χ1) is 9.40. The number of aliphatic hydroxyl groups is 1. The summed E-state index contributed by atoms with van der Waals surface area (Å²) >= 11 is 5.55. The Bertz CT molecular complexity index is 687. The smallest absolute Gasteiger partial charge is 0.243 e. The molecule has 0 bridgehead atoms. The third-order valence-electron chi connectivity index (χ3n) is 2.52. The van der Waals surface area contributed by atoms with Crippen molar-refractivity contribution in [3.63, 3.8) is 0 Å². The van der Waals surface area contributed by atoms with Gasteiger partial charge in [-0.2, -0.15) is 0 Å². The highest BCUT2D eigenvalue weighted by molar-refractivity contribution is 7.89. The molecule has 0 aliphatic carbocycles. The van der Waals surface area contributed by atoms with Gasteiger partial charge in [0, 0.05) is 11.6 Å². The van der Waals surface area contributed by atoms with E-state index in [4.69, 9.17) is 16.0 Å². The Morgan fingerprint density at radius 2 is 2.15 bits per heavy atom. The molecule has 1 aromatic heterocycles. The Hall–Kier alpha value is -1.41. The molecule has 0 saturated carbocycles. The fourth-order valence-electron chi connectivity index (χ4n) is 1.54. The lowest BCUT2D eigenvalue weighted by atomic mass is 10.3. The number of halogens is 2. The first kappa shape index (κ1) is 15.0. The molecule has 2 rings (SSSR count). The van der Waals surface area contributed by atoms with Gasteiger partial charge in [0.15, 0.2) is 0 Å². The Balaban J connectivity index is 2.11. The number of aliphatic hydroxyl groups excluding tert-OH is 1. The molecule has 5 nitrogen and oxygen atoms in total. The number of hydrogen-bond donors (Lipinski definition) is 2. The topological polar surface area (TPSA) is 79.5 Å². The quantitative estimate of drug-likeness (QED) is 0.884. The van der Waals surface area contributed by atoms with Crippen LogP contribution in [0.5, 0.6) is 0 Å². The van der Waals surface area contributed by atoms with Crippen molar-refractivity contribution in [2.24, 2.45) is 0 Å². The molecular weight excluding hydrogens is 309 g/mol. The van der Waals surface area contributed by atoms with Gasteiger partial charge in [-0.3, -0.25) is 0 Å². The molecule has 1 heterocycles. The van der Waals surface area contributed by atoms with Gasteiger partial charge in [0.1, 0.15) is 22.6 Å². The van der Waals surface area contributed by atoms with E-state index < -0.39 is 26.8 Å². The number of sulfonamides is 1. The summed E-state index contributed by atoms with van der Waals surface area (Å²) in [7, 11) is -4.08. The van der Waals surface area contributed by atoms with Crippen molar-refractivity contribution < 1.29 is 22.3 Å². The molecule has 0 amide bonds. The second kappa shape index (κ2) is 5.92. The number of nitrogens with one attached hydrogen (secondary N) is 1. The van der Waals surface area contributed by atoms with Gasteiger partial charge in [-0.25, -0.2) is 17.5 Å². The van der Waals surface area contributed by atoms with Gasteiger partial charge < -0.3 is 9.52 Å². The summed E-state index contributed by atoms with van der Waals surface area (Å²) in [5.41, 5.74) is 0. The van der Waals surface area contributed by atoms with E-state index in [9.17, 15) is 17.9 Å². The van der Waals surface area contributed by atoms with Crippen molar-refractivity contribution >= 4 is 21.6 Å². The van der Waals surface area contributed by atoms with Crippen molar-refractivity contribution in [3.8, 4) is 0 Å². The number of benzene rings is 1. The van der Waals surface area contributed by atoms with Gasteiger partial charge in [0.25, 0.3) is 0 Å². The van der Waals surface area contributed by atoms with Crippen LogP contribution in [0.2, 0.25) is 5.02 Å². The zero-order valence-electron chi connectivity index (χ0n) is 10.1. The Morgan fingerprint density at radius 3 is 2.75 bits per heavy atom. The van der Waals surface area contributed by atoms with Crippen molar-refractivity contribution in [1.82, 2.24) is 4.72 Å². The van der Waals surface area contributed by atoms with Gasteiger partial charge in [-0.05, 0) is 30.3 Å². The Kier molecular flexibility index (Phi) is 4.44. The van der Waals surface area contributed by atoms with Crippen LogP contribution < -0.4 is 4.72 Å². The fourth-order valence-corrected chi connectivity index (χ4v) is 2.80. The summed E-state index contributed by atoms with van der Waals surface area (Å²) in [6, 6.07) is 6.29.